The Balaban J connectivity index is 2.39. The summed E-state index contributed by atoms with van der Waals surface area (Å²) in [6, 6.07) is 1.57. The van der Waals surface area contributed by atoms with Crippen molar-refractivity contribution in [3.8, 4) is 0 Å². The van der Waals surface area contributed by atoms with E-state index in [0.29, 0.717) is 21.8 Å². The molecule has 0 aromatic carbocycles. The van der Waals surface area contributed by atoms with Crippen LogP contribution in [0.2, 0.25) is 0 Å². The van der Waals surface area contributed by atoms with Crippen LogP contribution in [-0.2, 0) is 11.3 Å². The smallest absolute Gasteiger partial charge is 0.293 e. The molecule has 3 heterocycles. The molecule has 3 aromatic heterocycles. The van der Waals surface area contributed by atoms with Crippen LogP contribution in [0.15, 0.2) is 23.3 Å². The molecule has 0 aliphatic rings. The Hall–Kier alpha value is -2.48. The van der Waals surface area contributed by atoms with Crippen LogP contribution in [0.5, 0.6) is 0 Å². The first-order valence-electron chi connectivity index (χ1n) is 5.15. The molecule has 8 nitrogen and oxygen atoms in total. The zero-order chi connectivity index (χ0) is 12.7. The summed E-state index contributed by atoms with van der Waals surface area (Å²) in [6.45, 7) is 0.266. The maximum absolute atomic E-state index is 11.7. The Kier molecular flexibility index (Phi) is 2.23. The standard InChI is InChI=1S/C10H9N5O3/c1-18-5-8-12-10-11-4-6-7(15(10)13-8)2-3-14(17)9(6)16/h2-4,17H,5H2,1H3. The highest BCUT2D eigenvalue weighted by atomic mass is 16.5. The van der Waals surface area contributed by atoms with Crippen molar-refractivity contribution in [1.82, 2.24) is 24.3 Å². The number of methoxy groups -OCH3 is 1. The maximum atomic E-state index is 11.7. The third-order valence-corrected chi connectivity index (χ3v) is 2.53. The molecule has 0 unspecified atom stereocenters. The van der Waals surface area contributed by atoms with Crippen molar-refractivity contribution in [3.63, 3.8) is 0 Å². The predicted molar refractivity (Wildman–Crippen MR) is 60.4 cm³/mol. The van der Waals surface area contributed by atoms with Gasteiger partial charge in [0.15, 0.2) is 5.82 Å². The van der Waals surface area contributed by atoms with Crippen molar-refractivity contribution in [2.24, 2.45) is 0 Å². The molecule has 92 valence electrons. The first kappa shape index (κ1) is 10.7. The minimum atomic E-state index is -0.550. The quantitative estimate of drug-likeness (QED) is 0.631. The average Bonchev–Trinajstić information content (AvgIpc) is 2.77. The number of nitrogens with zero attached hydrogens (tertiary/aromatic N) is 5. The molecule has 0 radical (unpaired) electrons. The Morgan fingerprint density at radius 3 is 3.11 bits per heavy atom. The lowest BCUT2D eigenvalue weighted by atomic mass is 10.3. The van der Waals surface area contributed by atoms with Crippen molar-refractivity contribution in [1.29, 1.82) is 0 Å². The fourth-order valence-electron chi connectivity index (χ4n) is 1.74. The molecule has 0 saturated heterocycles. The summed E-state index contributed by atoms with van der Waals surface area (Å²) in [7, 11) is 1.54. The van der Waals surface area contributed by atoms with E-state index in [1.54, 1.807) is 13.2 Å². The molecule has 3 aromatic rings. The SMILES string of the molecule is COCc1nc2ncc3c(=O)n(O)ccc3n2n1. The van der Waals surface area contributed by atoms with Gasteiger partial charge in [0.2, 0.25) is 0 Å². The zero-order valence-electron chi connectivity index (χ0n) is 9.44. The van der Waals surface area contributed by atoms with Crippen LogP contribution in [0.3, 0.4) is 0 Å². The van der Waals surface area contributed by atoms with Crippen LogP contribution in [0.1, 0.15) is 5.82 Å². The van der Waals surface area contributed by atoms with E-state index in [1.807, 2.05) is 0 Å². The van der Waals surface area contributed by atoms with Gasteiger partial charge in [-0.1, -0.05) is 0 Å². The van der Waals surface area contributed by atoms with E-state index < -0.39 is 5.56 Å². The average molecular weight is 247 g/mol. The topological polar surface area (TPSA) is 94.5 Å². The number of hydrogen-bond acceptors (Lipinski definition) is 6. The Bertz CT molecular complexity index is 791. The summed E-state index contributed by atoms with van der Waals surface area (Å²) in [5.41, 5.74) is -0.0177. The first-order valence-corrected chi connectivity index (χ1v) is 5.15. The summed E-state index contributed by atoms with van der Waals surface area (Å²) < 4.78 is 6.89. The number of pyridine rings is 1. The lowest BCUT2D eigenvalue weighted by molar-refractivity contribution is 0.176. The van der Waals surface area contributed by atoms with Gasteiger partial charge < -0.3 is 9.94 Å². The predicted octanol–water partition coefficient (Wildman–Crippen LogP) is -0.177. The summed E-state index contributed by atoms with van der Waals surface area (Å²) in [6.07, 6.45) is 2.62. The second-order valence-electron chi connectivity index (χ2n) is 3.70. The van der Waals surface area contributed by atoms with E-state index in [9.17, 15) is 10.0 Å². The molecule has 0 aliphatic carbocycles. The van der Waals surface area contributed by atoms with Crippen LogP contribution in [0, 0.1) is 0 Å². The van der Waals surface area contributed by atoms with Crippen molar-refractivity contribution >= 4 is 16.7 Å². The molecule has 3 rings (SSSR count). The fraction of sp³-hybridized carbons (Fsp3) is 0.200. The largest absolute Gasteiger partial charge is 0.425 e. The van der Waals surface area contributed by atoms with Gasteiger partial charge in [0.25, 0.3) is 11.3 Å². The number of hydrogen-bond donors (Lipinski definition) is 1. The maximum Gasteiger partial charge on any atom is 0.293 e. The van der Waals surface area contributed by atoms with E-state index in [0.717, 1.165) is 0 Å². The molecule has 0 spiro atoms. The lowest BCUT2D eigenvalue weighted by Gasteiger charge is -2.00. The molecular weight excluding hydrogens is 238 g/mol. The highest BCUT2D eigenvalue weighted by Crippen LogP contribution is 2.10. The van der Waals surface area contributed by atoms with Crippen LogP contribution in [0.4, 0.5) is 0 Å². The van der Waals surface area contributed by atoms with Gasteiger partial charge in [-0.3, -0.25) is 4.79 Å². The summed E-state index contributed by atoms with van der Waals surface area (Å²) in [5.74, 6) is 0.857. The van der Waals surface area contributed by atoms with Gasteiger partial charge in [0.05, 0.1) is 10.9 Å². The third-order valence-electron chi connectivity index (χ3n) is 2.53. The Labute approximate surface area is 100 Å². The minimum Gasteiger partial charge on any atom is -0.425 e. The fourth-order valence-corrected chi connectivity index (χ4v) is 1.74. The number of fused-ring (bicyclic) bond motifs is 3. The highest BCUT2D eigenvalue weighted by molar-refractivity contribution is 5.78. The summed E-state index contributed by atoms with van der Waals surface area (Å²) in [5, 5.41) is 13.7. The van der Waals surface area contributed by atoms with E-state index in [2.05, 4.69) is 15.1 Å². The molecule has 18 heavy (non-hydrogen) atoms. The molecule has 0 fully saturated rings. The van der Waals surface area contributed by atoms with Gasteiger partial charge in [-0.25, -0.2) is 4.98 Å². The molecule has 1 N–H and O–H groups in total. The van der Waals surface area contributed by atoms with Gasteiger partial charge in [-0.05, 0) is 6.07 Å². The molecule has 0 amide bonds. The van der Waals surface area contributed by atoms with Gasteiger partial charge in [0.1, 0.15) is 6.61 Å². The Morgan fingerprint density at radius 2 is 2.33 bits per heavy atom. The molecular formula is C10H9N5O3. The van der Waals surface area contributed by atoms with Gasteiger partial charge in [-0.2, -0.15) is 14.2 Å². The normalized spacial score (nSPS) is 11.4. The van der Waals surface area contributed by atoms with Crippen molar-refractivity contribution in [3.05, 3.63) is 34.6 Å². The number of rotatable bonds is 2. The number of aromatic nitrogens is 5. The second kappa shape index (κ2) is 3.77. The van der Waals surface area contributed by atoms with Gasteiger partial charge in [-0.15, -0.1) is 5.10 Å². The molecule has 0 aliphatic heterocycles. The molecule has 0 saturated carbocycles. The highest BCUT2D eigenvalue weighted by Gasteiger charge is 2.10. The third kappa shape index (κ3) is 1.43. The van der Waals surface area contributed by atoms with E-state index >= 15 is 0 Å². The van der Waals surface area contributed by atoms with Crippen LogP contribution in [-0.4, -0.2) is 36.6 Å². The first-order chi connectivity index (χ1) is 8.70. The summed E-state index contributed by atoms with van der Waals surface area (Å²) in [4.78, 5) is 19.9. The molecule has 8 heteroatoms. The zero-order valence-corrected chi connectivity index (χ0v) is 9.44. The van der Waals surface area contributed by atoms with Crippen LogP contribution in [0.25, 0.3) is 16.7 Å². The van der Waals surface area contributed by atoms with Crippen molar-refractivity contribution < 1.29 is 9.94 Å². The van der Waals surface area contributed by atoms with Crippen molar-refractivity contribution in [2.75, 3.05) is 7.11 Å². The van der Waals surface area contributed by atoms with Crippen LogP contribution >= 0.6 is 0 Å². The minimum absolute atomic E-state index is 0.265. The monoisotopic (exact) mass is 247 g/mol. The van der Waals surface area contributed by atoms with Crippen molar-refractivity contribution in [2.45, 2.75) is 6.61 Å². The Morgan fingerprint density at radius 1 is 1.50 bits per heavy atom. The van der Waals surface area contributed by atoms with E-state index in [-0.39, 0.29) is 12.0 Å². The van der Waals surface area contributed by atoms with E-state index in [1.165, 1.54) is 16.9 Å². The molecule has 0 atom stereocenters. The second-order valence-corrected chi connectivity index (χ2v) is 3.70. The number of ether oxygens (including phenoxy) is 1. The van der Waals surface area contributed by atoms with Gasteiger partial charge in [0, 0.05) is 19.5 Å². The lowest BCUT2D eigenvalue weighted by Crippen LogP contribution is -2.17. The van der Waals surface area contributed by atoms with Crippen LogP contribution < -0.4 is 5.56 Å². The van der Waals surface area contributed by atoms with Gasteiger partial charge >= 0.3 is 0 Å². The molecule has 0 bridgehead atoms. The van der Waals surface area contributed by atoms with E-state index in [4.69, 9.17) is 4.74 Å². The summed E-state index contributed by atoms with van der Waals surface area (Å²) >= 11 is 0.